The highest BCUT2D eigenvalue weighted by Gasteiger charge is 2.54. The van der Waals surface area contributed by atoms with Crippen LogP contribution in [0.3, 0.4) is 0 Å². The molecule has 1 atom stereocenters. The van der Waals surface area contributed by atoms with Gasteiger partial charge in [0.1, 0.15) is 0 Å². The third kappa shape index (κ3) is 4.55. The lowest BCUT2D eigenvalue weighted by Crippen LogP contribution is -2.41. The Bertz CT molecular complexity index is 2330. The first-order valence-electron chi connectivity index (χ1n) is 17.7. The average molecular weight is 645 g/mol. The quantitative estimate of drug-likeness (QED) is 0.180. The third-order valence-corrected chi connectivity index (χ3v) is 11.3. The molecule has 7 aromatic carbocycles. The van der Waals surface area contributed by atoms with E-state index in [1.54, 1.807) is 0 Å². The standard InChI is InChI=1S/C48H40N2/c1-31-26-36-21-20-35(34-19-18-32-12-10-11-13-33(32)27-34)28-43(36)46(31)48(37-14-6-4-7-15-37,38-16-8-5-9-17-38)47-44-29-39(49-2)22-24-41(44)42-25-23-40(50-3)30-45(42)47/h4-30,46-47,49-50H,1-3H3. The van der Waals surface area contributed by atoms with E-state index in [1.165, 1.54) is 72.0 Å². The van der Waals surface area contributed by atoms with Crippen molar-refractivity contribution in [3.63, 3.8) is 0 Å². The van der Waals surface area contributed by atoms with Crippen molar-refractivity contribution in [1.29, 1.82) is 0 Å². The van der Waals surface area contributed by atoms with Gasteiger partial charge in [-0.2, -0.15) is 0 Å². The van der Waals surface area contributed by atoms with Gasteiger partial charge < -0.3 is 10.6 Å². The van der Waals surface area contributed by atoms with E-state index in [0.717, 1.165) is 11.4 Å². The molecule has 2 N–H and O–H groups in total. The molecule has 2 aliphatic carbocycles. The van der Waals surface area contributed by atoms with Gasteiger partial charge in [-0.25, -0.2) is 0 Å². The van der Waals surface area contributed by atoms with Gasteiger partial charge in [-0.3, -0.25) is 0 Å². The number of anilines is 2. The lowest BCUT2D eigenvalue weighted by atomic mass is 9.54. The van der Waals surface area contributed by atoms with E-state index >= 15 is 0 Å². The van der Waals surface area contributed by atoms with Gasteiger partial charge in [0.05, 0.1) is 0 Å². The first-order valence-corrected chi connectivity index (χ1v) is 17.7. The monoisotopic (exact) mass is 644 g/mol. The molecule has 0 spiro atoms. The Morgan fingerprint density at radius 1 is 0.460 bits per heavy atom. The molecule has 0 radical (unpaired) electrons. The van der Waals surface area contributed by atoms with Crippen LogP contribution in [-0.2, 0) is 5.41 Å². The topological polar surface area (TPSA) is 24.1 Å². The van der Waals surface area contributed by atoms with Crippen molar-refractivity contribution >= 4 is 28.2 Å². The predicted octanol–water partition coefficient (Wildman–Crippen LogP) is 11.9. The Morgan fingerprint density at radius 2 is 1.00 bits per heavy atom. The van der Waals surface area contributed by atoms with Crippen molar-refractivity contribution in [2.24, 2.45) is 0 Å². The van der Waals surface area contributed by atoms with Crippen LogP contribution in [0.15, 0.2) is 163 Å². The van der Waals surface area contributed by atoms with E-state index < -0.39 is 5.41 Å². The maximum atomic E-state index is 3.47. The summed E-state index contributed by atoms with van der Waals surface area (Å²) in [5.41, 5.74) is 16.3. The van der Waals surface area contributed by atoms with E-state index in [-0.39, 0.29) is 11.8 Å². The number of hydrogen-bond acceptors (Lipinski definition) is 2. The highest BCUT2D eigenvalue weighted by atomic mass is 14.8. The number of nitrogens with one attached hydrogen (secondary N) is 2. The molecular weight excluding hydrogens is 605 g/mol. The van der Waals surface area contributed by atoms with Crippen molar-refractivity contribution in [2.45, 2.75) is 24.2 Å². The van der Waals surface area contributed by atoms with Gasteiger partial charge in [0.15, 0.2) is 0 Å². The zero-order valence-corrected chi connectivity index (χ0v) is 28.7. The van der Waals surface area contributed by atoms with Crippen LogP contribution >= 0.6 is 0 Å². The van der Waals surface area contributed by atoms with Crippen LogP contribution < -0.4 is 10.6 Å². The minimum atomic E-state index is -0.477. The number of hydrogen-bond donors (Lipinski definition) is 2. The molecule has 9 rings (SSSR count). The maximum absolute atomic E-state index is 3.47. The fourth-order valence-corrected chi connectivity index (χ4v) is 9.17. The molecule has 0 bridgehead atoms. The van der Waals surface area contributed by atoms with Gasteiger partial charge in [0.2, 0.25) is 0 Å². The van der Waals surface area contributed by atoms with E-state index in [4.69, 9.17) is 0 Å². The molecule has 2 nitrogen and oxygen atoms in total. The van der Waals surface area contributed by atoms with Gasteiger partial charge in [0.25, 0.3) is 0 Å². The molecule has 0 fully saturated rings. The Morgan fingerprint density at radius 3 is 1.60 bits per heavy atom. The highest BCUT2D eigenvalue weighted by molar-refractivity contribution is 5.89. The molecule has 7 aromatic rings. The molecule has 0 aliphatic heterocycles. The number of benzene rings is 7. The largest absolute Gasteiger partial charge is 0.388 e. The maximum Gasteiger partial charge on any atom is 0.0418 e. The summed E-state index contributed by atoms with van der Waals surface area (Å²) in [4.78, 5) is 0. The fourth-order valence-electron chi connectivity index (χ4n) is 9.17. The summed E-state index contributed by atoms with van der Waals surface area (Å²) in [6.45, 7) is 2.35. The van der Waals surface area contributed by atoms with Crippen LogP contribution in [0.4, 0.5) is 11.4 Å². The summed E-state index contributed by atoms with van der Waals surface area (Å²) in [7, 11) is 4.04. The molecule has 0 saturated carbocycles. The lowest BCUT2D eigenvalue weighted by molar-refractivity contribution is 0.405. The second-order valence-electron chi connectivity index (χ2n) is 13.9. The zero-order chi connectivity index (χ0) is 33.8. The van der Waals surface area contributed by atoms with Crippen molar-refractivity contribution in [2.75, 3.05) is 24.7 Å². The van der Waals surface area contributed by atoms with Crippen molar-refractivity contribution in [3.8, 4) is 22.3 Å². The molecule has 50 heavy (non-hydrogen) atoms. The SMILES string of the molecule is CNc1ccc2c(c1)C(C(c1ccccc1)(c1ccccc1)C1C(C)=Cc3ccc(-c4ccc5ccccc5c4)cc31)c1cc(NC)ccc1-2. The lowest BCUT2D eigenvalue weighted by Gasteiger charge is -2.47. The van der Waals surface area contributed by atoms with E-state index in [0.29, 0.717) is 0 Å². The van der Waals surface area contributed by atoms with Crippen molar-refractivity contribution in [3.05, 3.63) is 197 Å². The van der Waals surface area contributed by atoms with E-state index in [2.05, 4.69) is 181 Å². The van der Waals surface area contributed by atoms with E-state index in [9.17, 15) is 0 Å². The molecule has 0 heterocycles. The summed E-state index contributed by atoms with van der Waals surface area (Å²) in [5, 5.41) is 9.46. The highest BCUT2D eigenvalue weighted by Crippen LogP contribution is 2.65. The predicted molar refractivity (Wildman–Crippen MR) is 212 cm³/mol. The summed E-state index contributed by atoms with van der Waals surface area (Å²) in [6, 6.07) is 59.2. The van der Waals surface area contributed by atoms with Gasteiger partial charge in [-0.05, 0) is 110 Å². The Balaban J connectivity index is 1.37. The first-order chi connectivity index (χ1) is 24.6. The molecule has 0 amide bonds. The van der Waals surface area contributed by atoms with E-state index in [1.807, 2.05) is 14.1 Å². The molecule has 2 heteroatoms. The van der Waals surface area contributed by atoms with Gasteiger partial charge in [0, 0.05) is 42.7 Å². The Kier molecular flexibility index (Phi) is 7.21. The van der Waals surface area contributed by atoms with Crippen LogP contribution in [0.5, 0.6) is 0 Å². The Labute approximate surface area is 295 Å². The van der Waals surface area contributed by atoms with Crippen LogP contribution in [0.1, 0.15) is 52.1 Å². The van der Waals surface area contributed by atoms with Crippen LogP contribution in [-0.4, -0.2) is 14.1 Å². The van der Waals surface area contributed by atoms with Crippen molar-refractivity contribution < 1.29 is 0 Å². The van der Waals surface area contributed by atoms with Crippen LogP contribution in [0.25, 0.3) is 39.1 Å². The smallest absolute Gasteiger partial charge is 0.0418 e. The number of fused-ring (bicyclic) bond motifs is 5. The van der Waals surface area contributed by atoms with Crippen LogP contribution in [0.2, 0.25) is 0 Å². The fraction of sp³-hybridized carbons (Fsp3) is 0.125. The second kappa shape index (κ2) is 11.9. The molecule has 2 aliphatic rings. The van der Waals surface area contributed by atoms with Gasteiger partial charge in [-0.1, -0.05) is 133 Å². The molecule has 0 saturated heterocycles. The second-order valence-corrected chi connectivity index (χ2v) is 13.9. The summed E-state index contributed by atoms with van der Waals surface area (Å²) in [6.07, 6.45) is 2.44. The summed E-state index contributed by atoms with van der Waals surface area (Å²) in [5.74, 6) is 0.102. The minimum Gasteiger partial charge on any atom is -0.388 e. The molecule has 1 unspecified atom stereocenters. The first kappa shape index (κ1) is 30.2. The number of rotatable bonds is 7. The average Bonchev–Trinajstić information content (AvgIpc) is 3.69. The Hall–Kier alpha value is -5.86. The molecule has 0 aromatic heterocycles. The van der Waals surface area contributed by atoms with Crippen LogP contribution in [0, 0.1) is 0 Å². The summed E-state index contributed by atoms with van der Waals surface area (Å²) < 4.78 is 0. The summed E-state index contributed by atoms with van der Waals surface area (Å²) >= 11 is 0. The number of allylic oxidation sites excluding steroid dienone is 1. The molecule has 242 valence electrons. The van der Waals surface area contributed by atoms with Crippen molar-refractivity contribution in [1.82, 2.24) is 0 Å². The van der Waals surface area contributed by atoms with Gasteiger partial charge in [-0.15, -0.1) is 0 Å². The normalized spacial score (nSPS) is 14.9. The van der Waals surface area contributed by atoms with Gasteiger partial charge >= 0.3 is 0 Å². The zero-order valence-electron chi connectivity index (χ0n) is 28.7. The minimum absolute atomic E-state index is 0.0301. The third-order valence-electron chi connectivity index (χ3n) is 11.3. The molecular formula is C48H40N2.